The van der Waals surface area contributed by atoms with Crippen LogP contribution in [0.1, 0.15) is 6.92 Å². The van der Waals surface area contributed by atoms with Crippen LogP contribution in [0.15, 0.2) is 27.1 Å². The van der Waals surface area contributed by atoms with E-state index in [1.54, 1.807) is 6.92 Å². The lowest BCUT2D eigenvalue weighted by molar-refractivity contribution is -0.141. The second-order valence-corrected chi connectivity index (χ2v) is 4.78. The minimum atomic E-state index is -0.374. The number of benzene rings is 1. The third kappa shape index (κ3) is 3.50. The van der Waals surface area contributed by atoms with Crippen LogP contribution >= 0.6 is 31.9 Å². The Bertz CT molecular complexity index is 368. The van der Waals surface area contributed by atoms with Crippen molar-refractivity contribution in [2.75, 3.05) is 12.4 Å². The average Bonchev–Trinajstić information content (AvgIpc) is 2.22. The molecule has 0 aliphatic carbocycles. The van der Waals surface area contributed by atoms with Gasteiger partial charge in [0.2, 0.25) is 0 Å². The van der Waals surface area contributed by atoms with Gasteiger partial charge in [0, 0.05) is 8.95 Å². The number of carbonyl (C=O) groups excluding carboxylic acids is 1. The largest absolute Gasteiger partial charge is 0.467 e. The number of esters is 1. The van der Waals surface area contributed by atoms with Crippen molar-refractivity contribution in [2.24, 2.45) is 0 Å². The highest BCUT2D eigenvalue weighted by molar-refractivity contribution is 9.11. The third-order valence-corrected chi connectivity index (χ3v) is 3.04. The minimum absolute atomic E-state index is 0.290. The molecular formula is C10H11Br2NO2. The monoisotopic (exact) mass is 335 g/mol. The number of halogens is 2. The van der Waals surface area contributed by atoms with E-state index in [0.29, 0.717) is 0 Å². The molecule has 0 aliphatic rings. The van der Waals surface area contributed by atoms with Crippen molar-refractivity contribution in [3.8, 4) is 0 Å². The van der Waals surface area contributed by atoms with Crippen LogP contribution in [-0.2, 0) is 9.53 Å². The molecule has 0 radical (unpaired) electrons. The molecule has 15 heavy (non-hydrogen) atoms. The van der Waals surface area contributed by atoms with Crippen molar-refractivity contribution in [3.05, 3.63) is 27.1 Å². The lowest BCUT2D eigenvalue weighted by atomic mass is 10.2. The van der Waals surface area contributed by atoms with Crippen molar-refractivity contribution in [1.29, 1.82) is 0 Å². The van der Waals surface area contributed by atoms with Gasteiger partial charge in [-0.25, -0.2) is 4.79 Å². The summed E-state index contributed by atoms with van der Waals surface area (Å²) < 4.78 is 6.48. The van der Waals surface area contributed by atoms with Gasteiger partial charge in [0.05, 0.1) is 12.8 Å². The second kappa shape index (κ2) is 5.51. The first kappa shape index (κ1) is 12.5. The molecule has 1 rings (SSSR count). The smallest absolute Gasteiger partial charge is 0.327 e. The summed E-state index contributed by atoms with van der Waals surface area (Å²) in [6.07, 6.45) is 0. The summed E-state index contributed by atoms with van der Waals surface area (Å²) in [6, 6.07) is 5.33. The standard InChI is InChI=1S/C10H11Br2NO2/c1-6(10(14)15-2)13-9-5-7(11)3-4-8(9)12/h3-6,13H,1-2H3. The maximum Gasteiger partial charge on any atom is 0.327 e. The van der Waals surface area contributed by atoms with Crippen molar-refractivity contribution in [1.82, 2.24) is 0 Å². The zero-order chi connectivity index (χ0) is 11.4. The molecule has 1 aromatic carbocycles. The Morgan fingerprint density at radius 2 is 2.13 bits per heavy atom. The van der Waals surface area contributed by atoms with Gasteiger partial charge in [-0.1, -0.05) is 15.9 Å². The number of ether oxygens (including phenoxy) is 1. The lowest BCUT2D eigenvalue weighted by Crippen LogP contribution is -2.27. The molecule has 0 amide bonds. The summed E-state index contributed by atoms with van der Waals surface area (Å²) in [5.41, 5.74) is 0.849. The first-order chi connectivity index (χ1) is 7.04. The molecule has 0 aromatic heterocycles. The summed E-state index contributed by atoms with van der Waals surface area (Å²) in [5, 5.41) is 3.05. The Balaban J connectivity index is 2.80. The first-order valence-electron chi connectivity index (χ1n) is 4.34. The van der Waals surface area contributed by atoms with E-state index in [0.717, 1.165) is 14.6 Å². The van der Waals surface area contributed by atoms with E-state index < -0.39 is 0 Å². The molecule has 1 N–H and O–H groups in total. The molecule has 0 saturated carbocycles. The van der Waals surface area contributed by atoms with Crippen molar-refractivity contribution in [2.45, 2.75) is 13.0 Å². The average molecular weight is 337 g/mol. The Hall–Kier alpha value is -0.550. The van der Waals surface area contributed by atoms with Gasteiger partial charge in [-0.15, -0.1) is 0 Å². The van der Waals surface area contributed by atoms with Gasteiger partial charge < -0.3 is 10.1 Å². The molecule has 0 heterocycles. The van der Waals surface area contributed by atoms with Crippen LogP contribution in [0.3, 0.4) is 0 Å². The van der Waals surface area contributed by atoms with Gasteiger partial charge in [-0.3, -0.25) is 0 Å². The van der Waals surface area contributed by atoms with Crippen LogP contribution in [0.2, 0.25) is 0 Å². The highest BCUT2D eigenvalue weighted by Crippen LogP contribution is 2.26. The molecule has 0 aliphatic heterocycles. The minimum Gasteiger partial charge on any atom is -0.467 e. The molecule has 0 spiro atoms. The third-order valence-electron chi connectivity index (χ3n) is 1.86. The van der Waals surface area contributed by atoms with E-state index in [1.165, 1.54) is 7.11 Å². The number of hydrogen-bond acceptors (Lipinski definition) is 3. The van der Waals surface area contributed by atoms with Crippen LogP contribution in [0.25, 0.3) is 0 Å². The van der Waals surface area contributed by atoms with Crippen LogP contribution in [0, 0.1) is 0 Å². The molecule has 1 unspecified atom stereocenters. The van der Waals surface area contributed by atoms with E-state index in [1.807, 2.05) is 18.2 Å². The van der Waals surface area contributed by atoms with E-state index in [-0.39, 0.29) is 12.0 Å². The fourth-order valence-corrected chi connectivity index (χ4v) is 1.80. The fourth-order valence-electron chi connectivity index (χ4n) is 1.08. The van der Waals surface area contributed by atoms with Gasteiger partial charge in [0.1, 0.15) is 6.04 Å². The molecular weight excluding hydrogens is 326 g/mol. The zero-order valence-corrected chi connectivity index (χ0v) is 11.6. The summed E-state index contributed by atoms with van der Waals surface area (Å²) >= 11 is 6.76. The Labute approximate surface area is 105 Å². The van der Waals surface area contributed by atoms with Gasteiger partial charge >= 0.3 is 5.97 Å². The van der Waals surface area contributed by atoms with Crippen LogP contribution in [0.4, 0.5) is 5.69 Å². The number of methoxy groups -OCH3 is 1. The summed E-state index contributed by atoms with van der Waals surface area (Å²) in [4.78, 5) is 11.2. The molecule has 0 saturated heterocycles. The number of carbonyl (C=O) groups is 1. The zero-order valence-electron chi connectivity index (χ0n) is 8.38. The fraction of sp³-hybridized carbons (Fsp3) is 0.300. The number of anilines is 1. The van der Waals surface area contributed by atoms with E-state index >= 15 is 0 Å². The predicted octanol–water partition coefficient (Wildman–Crippen LogP) is 3.19. The Morgan fingerprint density at radius 1 is 1.47 bits per heavy atom. The molecule has 1 aromatic rings. The second-order valence-electron chi connectivity index (χ2n) is 3.01. The normalized spacial score (nSPS) is 12.0. The van der Waals surface area contributed by atoms with Gasteiger partial charge in [-0.05, 0) is 41.1 Å². The molecule has 3 nitrogen and oxygen atoms in total. The van der Waals surface area contributed by atoms with Gasteiger partial charge in [0.25, 0.3) is 0 Å². The van der Waals surface area contributed by atoms with Crippen molar-refractivity contribution in [3.63, 3.8) is 0 Å². The SMILES string of the molecule is COC(=O)C(C)Nc1cc(Br)ccc1Br. The molecule has 82 valence electrons. The molecule has 0 bridgehead atoms. The highest BCUT2D eigenvalue weighted by atomic mass is 79.9. The van der Waals surface area contributed by atoms with E-state index in [2.05, 4.69) is 41.9 Å². The number of hydrogen-bond donors (Lipinski definition) is 1. The lowest BCUT2D eigenvalue weighted by Gasteiger charge is -2.14. The van der Waals surface area contributed by atoms with Crippen LogP contribution in [-0.4, -0.2) is 19.1 Å². The topological polar surface area (TPSA) is 38.3 Å². The summed E-state index contributed by atoms with van der Waals surface area (Å²) in [5.74, 6) is -0.290. The van der Waals surface area contributed by atoms with Crippen molar-refractivity contribution >= 4 is 43.5 Å². The molecule has 1 atom stereocenters. The van der Waals surface area contributed by atoms with Crippen LogP contribution < -0.4 is 5.32 Å². The number of nitrogens with one attached hydrogen (secondary N) is 1. The van der Waals surface area contributed by atoms with Crippen LogP contribution in [0.5, 0.6) is 0 Å². The maximum atomic E-state index is 11.2. The highest BCUT2D eigenvalue weighted by Gasteiger charge is 2.13. The summed E-state index contributed by atoms with van der Waals surface area (Å²) in [7, 11) is 1.37. The number of rotatable bonds is 3. The molecule has 0 fully saturated rings. The summed E-state index contributed by atoms with van der Waals surface area (Å²) in [6.45, 7) is 1.75. The first-order valence-corrected chi connectivity index (χ1v) is 5.92. The Kier molecular flexibility index (Phi) is 4.60. The van der Waals surface area contributed by atoms with Gasteiger partial charge in [0.15, 0.2) is 0 Å². The maximum absolute atomic E-state index is 11.2. The quantitative estimate of drug-likeness (QED) is 0.861. The van der Waals surface area contributed by atoms with Gasteiger partial charge in [-0.2, -0.15) is 0 Å². The predicted molar refractivity (Wildman–Crippen MR) is 66.9 cm³/mol. The molecule has 5 heteroatoms. The Morgan fingerprint density at radius 3 is 2.73 bits per heavy atom. The van der Waals surface area contributed by atoms with Crippen molar-refractivity contribution < 1.29 is 9.53 Å². The van der Waals surface area contributed by atoms with E-state index in [4.69, 9.17) is 0 Å². The van der Waals surface area contributed by atoms with E-state index in [9.17, 15) is 4.79 Å².